The zero-order valence-electron chi connectivity index (χ0n) is 22.0. The van der Waals surface area contributed by atoms with Crippen molar-refractivity contribution >= 4 is 21.7 Å². The lowest BCUT2D eigenvalue weighted by molar-refractivity contribution is 0.266. The second kappa shape index (κ2) is 10.1. The van der Waals surface area contributed by atoms with Crippen LogP contribution in [0, 0.1) is 5.41 Å². The number of hydrogen-bond acceptors (Lipinski definition) is 9. The average Bonchev–Trinajstić information content (AvgIpc) is 3.10. The highest BCUT2D eigenvalue weighted by molar-refractivity contribution is 7.89. The number of pyridine rings is 1. The van der Waals surface area contributed by atoms with Crippen LogP contribution in [0.5, 0.6) is 5.75 Å². The molecule has 11 heteroatoms. The summed E-state index contributed by atoms with van der Waals surface area (Å²) in [6.07, 6.45) is 6.22. The SMILES string of the molecule is CN(CCO)S(=O)(=O)c1cc(-c2ccc3c(c2)CN(c2ncnc4c2CC(C)(C)CC4)CCO3)cnc1N. The van der Waals surface area contributed by atoms with Gasteiger partial charge in [-0.1, -0.05) is 19.9 Å². The highest BCUT2D eigenvalue weighted by Gasteiger charge is 2.31. The monoisotopic (exact) mass is 538 g/mol. The van der Waals surface area contributed by atoms with E-state index in [4.69, 9.17) is 15.5 Å². The number of aromatic nitrogens is 3. The molecule has 2 aliphatic rings. The number of anilines is 2. The fraction of sp³-hybridized carbons (Fsp3) is 0.444. The Labute approximate surface area is 223 Å². The van der Waals surface area contributed by atoms with E-state index in [0.717, 1.165) is 52.0 Å². The molecule has 5 rings (SSSR count). The summed E-state index contributed by atoms with van der Waals surface area (Å²) in [5.74, 6) is 1.66. The van der Waals surface area contributed by atoms with Gasteiger partial charge < -0.3 is 20.5 Å². The summed E-state index contributed by atoms with van der Waals surface area (Å²) in [5, 5.41) is 9.20. The summed E-state index contributed by atoms with van der Waals surface area (Å²) in [6.45, 7) is 6.06. The third kappa shape index (κ3) is 5.05. The van der Waals surface area contributed by atoms with Crippen molar-refractivity contribution in [1.82, 2.24) is 19.3 Å². The molecule has 0 bridgehead atoms. The first-order valence-electron chi connectivity index (χ1n) is 12.8. The van der Waals surface area contributed by atoms with Crippen molar-refractivity contribution in [3.8, 4) is 16.9 Å². The fourth-order valence-electron chi connectivity index (χ4n) is 5.13. The summed E-state index contributed by atoms with van der Waals surface area (Å²) in [4.78, 5) is 15.6. The van der Waals surface area contributed by atoms with Gasteiger partial charge in [0.15, 0.2) is 0 Å². The molecule has 2 aromatic heterocycles. The number of likely N-dealkylation sites (N-methyl/N-ethyl adjacent to an activating group) is 1. The van der Waals surface area contributed by atoms with Gasteiger partial charge in [-0.3, -0.25) is 0 Å². The molecule has 0 radical (unpaired) electrons. The van der Waals surface area contributed by atoms with Crippen molar-refractivity contribution in [3.05, 3.63) is 53.6 Å². The number of aliphatic hydroxyl groups is 1. The molecule has 0 saturated carbocycles. The summed E-state index contributed by atoms with van der Waals surface area (Å²) in [7, 11) is -2.51. The van der Waals surface area contributed by atoms with Crippen LogP contribution in [0.4, 0.5) is 11.6 Å². The first-order valence-corrected chi connectivity index (χ1v) is 14.2. The highest BCUT2D eigenvalue weighted by Crippen LogP contribution is 2.39. The number of nitrogens with two attached hydrogens (primary N) is 1. The molecular formula is C27H34N6O4S. The maximum absolute atomic E-state index is 13.0. The van der Waals surface area contributed by atoms with Crippen molar-refractivity contribution in [1.29, 1.82) is 0 Å². The van der Waals surface area contributed by atoms with Gasteiger partial charge >= 0.3 is 0 Å². The third-order valence-electron chi connectivity index (χ3n) is 7.36. The van der Waals surface area contributed by atoms with Gasteiger partial charge in [-0.15, -0.1) is 0 Å². The van der Waals surface area contributed by atoms with Crippen molar-refractivity contribution in [2.45, 2.75) is 44.6 Å². The average molecular weight is 539 g/mol. The van der Waals surface area contributed by atoms with Gasteiger partial charge in [0, 0.05) is 48.7 Å². The molecular weight excluding hydrogens is 504 g/mol. The van der Waals surface area contributed by atoms with Crippen LogP contribution in [0.3, 0.4) is 0 Å². The summed E-state index contributed by atoms with van der Waals surface area (Å²) in [5.41, 5.74) is 10.9. The minimum atomic E-state index is -3.91. The molecule has 0 saturated heterocycles. The van der Waals surface area contributed by atoms with Gasteiger partial charge in [-0.05, 0) is 48.4 Å². The van der Waals surface area contributed by atoms with Crippen molar-refractivity contribution in [3.63, 3.8) is 0 Å². The van der Waals surface area contributed by atoms with Gasteiger partial charge in [-0.25, -0.2) is 23.4 Å². The minimum absolute atomic E-state index is 0.0397. The molecule has 10 nitrogen and oxygen atoms in total. The quantitative estimate of drug-likeness (QED) is 0.486. The third-order valence-corrected chi connectivity index (χ3v) is 9.25. The summed E-state index contributed by atoms with van der Waals surface area (Å²) in [6, 6.07) is 7.34. The summed E-state index contributed by atoms with van der Waals surface area (Å²) >= 11 is 0. The number of hydrogen-bond donors (Lipinski definition) is 2. The number of aliphatic hydroxyl groups excluding tert-OH is 1. The van der Waals surface area contributed by atoms with Crippen LogP contribution in [0.15, 0.2) is 41.7 Å². The minimum Gasteiger partial charge on any atom is -0.491 e. The van der Waals surface area contributed by atoms with E-state index < -0.39 is 10.0 Å². The maximum atomic E-state index is 13.0. The van der Waals surface area contributed by atoms with Gasteiger partial charge in [0.25, 0.3) is 0 Å². The number of aryl methyl sites for hydroxylation is 1. The number of nitrogen functional groups attached to an aromatic ring is 1. The van der Waals surface area contributed by atoms with E-state index in [1.165, 1.54) is 18.7 Å². The molecule has 1 aromatic carbocycles. The number of fused-ring (bicyclic) bond motifs is 2. The van der Waals surface area contributed by atoms with Crippen LogP contribution >= 0.6 is 0 Å². The molecule has 0 atom stereocenters. The van der Waals surface area contributed by atoms with Crippen LogP contribution < -0.4 is 15.4 Å². The molecule has 1 aliphatic heterocycles. The topological polar surface area (TPSA) is 135 Å². The Balaban J connectivity index is 1.49. The zero-order valence-corrected chi connectivity index (χ0v) is 22.8. The first-order chi connectivity index (χ1) is 18.1. The predicted molar refractivity (Wildman–Crippen MR) is 145 cm³/mol. The van der Waals surface area contributed by atoms with Crippen molar-refractivity contribution < 1.29 is 18.3 Å². The summed E-state index contributed by atoms with van der Waals surface area (Å²) < 4.78 is 33.2. The molecule has 0 fully saturated rings. The molecule has 3 aromatic rings. The van der Waals surface area contributed by atoms with Crippen molar-refractivity contribution in [2.24, 2.45) is 5.41 Å². The van der Waals surface area contributed by atoms with Gasteiger partial charge in [0.2, 0.25) is 10.0 Å². The number of ether oxygens (including phenoxy) is 1. The van der Waals surface area contributed by atoms with Crippen LogP contribution in [0.2, 0.25) is 0 Å². The standard InChI is InChI=1S/C27H34N6O4S/c1-27(2)7-6-22-21(14-27)26(31-17-30-22)33-9-11-37-23-5-4-18(12-20(23)16-33)19-13-24(25(28)29-15-19)38(35,36)32(3)8-10-34/h4-5,12-13,15,17,34H,6-11,14,16H2,1-3H3,(H2,28,29). The lowest BCUT2D eigenvalue weighted by Crippen LogP contribution is -2.31. The first kappa shape index (κ1) is 26.3. The van der Waals surface area contributed by atoms with Crippen LogP contribution in [0.1, 0.15) is 37.1 Å². The molecule has 38 heavy (non-hydrogen) atoms. The number of nitrogens with zero attached hydrogens (tertiary/aromatic N) is 5. The molecule has 3 heterocycles. The normalized spacial score (nSPS) is 16.9. The van der Waals surface area contributed by atoms with Crippen LogP contribution in [-0.4, -0.2) is 66.1 Å². The number of benzene rings is 1. The highest BCUT2D eigenvalue weighted by atomic mass is 32.2. The Morgan fingerprint density at radius 2 is 2.00 bits per heavy atom. The number of sulfonamides is 1. The lowest BCUT2D eigenvalue weighted by Gasteiger charge is -2.33. The van der Waals surface area contributed by atoms with E-state index in [0.29, 0.717) is 25.3 Å². The second-order valence-electron chi connectivity index (χ2n) is 10.7. The molecule has 3 N–H and O–H groups in total. The Kier molecular flexibility index (Phi) is 7.01. The largest absolute Gasteiger partial charge is 0.491 e. The Bertz CT molecular complexity index is 1460. The molecule has 0 amide bonds. The van der Waals surface area contributed by atoms with Crippen molar-refractivity contribution in [2.75, 3.05) is 44.0 Å². The van der Waals surface area contributed by atoms with Gasteiger partial charge in [0.1, 0.15) is 35.2 Å². The molecule has 202 valence electrons. The van der Waals surface area contributed by atoms with E-state index in [9.17, 15) is 13.5 Å². The molecule has 1 aliphatic carbocycles. The van der Waals surface area contributed by atoms with Crippen LogP contribution in [-0.2, 0) is 29.4 Å². The predicted octanol–water partition coefficient (Wildman–Crippen LogP) is 2.65. The second-order valence-corrected chi connectivity index (χ2v) is 12.7. The lowest BCUT2D eigenvalue weighted by atomic mass is 9.76. The Morgan fingerprint density at radius 1 is 1.18 bits per heavy atom. The van der Waals surface area contributed by atoms with E-state index in [1.807, 2.05) is 18.2 Å². The Hall–Kier alpha value is -3.28. The van der Waals surface area contributed by atoms with E-state index in [-0.39, 0.29) is 29.3 Å². The molecule has 0 spiro atoms. The molecule has 0 unspecified atom stereocenters. The smallest absolute Gasteiger partial charge is 0.246 e. The Morgan fingerprint density at radius 3 is 2.79 bits per heavy atom. The van der Waals surface area contributed by atoms with E-state index in [1.54, 1.807) is 12.5 Å². The zero-order chi connectivity index (χ0) is 27.1. The fourth-order valence-corrected chi connectivity index (χ4v) is 6.38. The van der Waals surface area contributed by atoms with Gasteiger partial charge in [-0.2, -0.15) is 4.31 Å². The van der Waals surface area contributed by atoms with Gasteiger partial charge in [0.05, 0.1) is 13.2 Å². The van der Waals surface area contributed by atoms with Crippen LogP contribution in [0.25, 0.3) is 11.1 Å². The number of rotatable bonds is 6. The van der Waals surface area contributed by atoms with E-state index >= 15 is 0 Å². The van der Waals surface area contributed by atoms with E-state index in [2.05, 4.69) is 28.7 Å². The maximum Gasteiger partial charge on any atom is 0.246 e.